The number of halogens is 1. The summed E-state index contributed by atoms with van der Waals surface area (Å²) in [6.45, 7) is 0.945. The Hall–Kier alpha value is 0.360. The van der Waals surface area contributed by atoms with Crippen molar-refractivity contribution in [3.63, 3.8) is 0 Å². The summed E-state index contributed by atoms with van der Waals surface area (Å²) >= 11 is 0. The van der Waals surface area contributed by atoms with Crippen molar-refractivity contribution in [2.75, 3.05) is 0 Å². The molecular weight excluding hydrogens is 138 g/mol. The molecular formula is C4H6FNaO3. The van der Waals surface area contributed by atoms with Crippen LogP contribution >= 0.6 is 0 Å². The molecule has 0 heterocycles. The first-order valence-corrected chi connectivity index (χ1v) is 2.08. The van der Waals surface area contributed by atoms with Gasteiger partial charge in [-0.1, -0.05) is 0 Å². The van der Waals surface area contributed by atoms with Crippen LogP contribution < -0.4 is 34.7 Å². The van der Waals surface area contributed by atoms with Gasteiger partial charge in [0, 0.05) is 0 Å². The Morgan fingerprint density at radius 3 is 2.11 bits per heavy atom. The first-order valence-electron chi connectivity index (χ1n) is 2.08. The molecule has 0 rings (SSSR count). The van der Waals surface area contributed by atoms with Crippen molar-refractivity contribution in [1.29, 1.82) is 0 Å². The molecule has 0 bridgehead atoms. The van der Waals surface area contributed by atoms with E-state index in [0.29, 0.717) is 0 Å². The van der Waals surface area contributed by atoms with E-state index in [4.69, 9.17) is 5.11 Å². The molecule has 48 valence electrons. The molecule has 2 atom stereocenters. The number of rotatable bonds is 2. The second-order valence-electron chi connectivity index (χ2n) is 1.44. The van der Waals surface area contributed by atoms with E-state index in [1.165, 1.54) is 0 Å². The second-order valence-corrected chi connectivity index (χ2v) is 1.44. The Morgan fingerprint density at radius 2 is 2.11 bits per heavy atom. The summed E-state index contributed by atoms with van der Waals surface area (Å²) in [5, 5.41) is 17.7. The molecule has 9 heavy (non-hydrogen) atoms. The van der Waals surface area contributed by atoms with Gasteiger partial charge in [0.1, 0.15) is 12.3 Å². The van der Waals surface area contributed by atoms with Gasteiger partial charge in [0.25, 0.3) is 0 Å². The minimum atomic E-state index is -1.99. The number of carbonyl (C=O) groups excluding carboxylic acids is 1. The average molecular weight is 144 g/mol. The minimum Gasteiger partial charge on any atom is -0.547 e. The number of hydrogen-bond donors (Lipinski definition) is 1. The zero-order valence-corrected chi connectivity index (χ0v) is 7.30. The Labute approximate surface area is 74.2 Å². The van der Waals surface area contributed by atoms with Gasteiger partial charge in [0.05, 0.1) is 5.97 Å². The van der Waals surface area contributed by atoms with E-state index >= 15 is 0 Å². The first-order chi connectivity index (χ1) is 3.55. The molecule has 0 aliphatic carbocycles. The maximum Gasteiger partial charge on any atom is 1.00 e. The molecule has 0 aliphatic rings. The predicted molar refractivity (Wildman–Crippen MR) is 21.6 cm³/mol. The molecule has 0 aromatic heterocycles. The van der Waals surface area contributed by atoms with Crippen molar-refractivity contribution in [3.05, 3.63) is 0 Å². The molecule has 0 aromatic rings. The van der Waals surface area contributed by atoms with Crippen LogP contribution in [0.15, 0.2) is 0 Å². The summed E-state index contributed by atoms with van der Waals surface area (Å²) in [7, 11) is 0. The Bertz CT molecular complexity index is 95.8. The Kier molecular flexibility index (Phi) is 6.94. The van der Waals surface area contributed by atoms with E-state index < -0.39 is 18.2 Å². The fourth-order valence-electron chi connectivity index (χ4n) is 0.188. The third-order valence-corrected chi connectivity index (χ3v) is 0.677. The predicted octanol–water partition coefficient (Wildman–Crippen LogP) is -4.54. The molecule has 0 aromatic carbocycles. The first kappa shape index (κ1) is 12.1. The van der Waals surface area contributed by atoms with Crippen molar-refractivity contribution in [2.45, 2.75) is 19.2 Å². The summed E-state index contributed by atoms with van der Waals surface area (Å²) in [6.07, 6.45) is -3.75. The number of aliphatic hydroxyl groups is 1. The zero-order chi connectivity index (χ0) is 6.73. The maximum absolute atomic E-state index is 11.7. The number of carbonyl (C=O) groups is 1. The Morgan fingerprint density at radius 1 is 1.78 bits per heavy atom. The van der Waals surface area contributed by atoms with E-state index in [2.05, 4.69) is 0 Å². The zero-order valence-electron chi connectivity index (χ0n) is 5.30. The van der Waals surface area contributed by atoms with Gasteiger partial charge >= 0.3 is 29.6 Å². The van der Waals surface area contributed by atoms with Gasteiger partial charge in [0.15, 0.2) is 0 Å². The summed E-state index contributed by atoms with van der Waals surface area (Å²) in [4.78, 5) is 9.54. The van der Waals surface area contributed by atoms with Crippen LogP contribution in [0.3, 0.4) is 0 Å². The number of aliphatic carboxylic acids is 1. The van der Waals surface area contributed by atoms with Crippen LogP contribution in [-0.2, 0) is 4.79 Å². The fourth-order valence-corrected chi connectivity index (χ4v) is 0.188. The van der Waals surface area contributed by atoms with Gasteiger partial charge < -0.3 is 15.0 Å². The third kappa shape index (κ3) is 4.84. The molecule has 0 radical (unpaired) electrons. The van der Waals surface area contributed by atoms with E-state index in [0.717, 1.165) is 6.92 Å². The summed E-state index contributed by atoms with van der Waals surface area (Å²) in [5.41, 5.74) is 0. The van der Waals surface area contributed by atoms with Gasteiger partial charge in [-0.25, -0.2) is 4.39 Å². The third-order valence-electron chi connectivity index (χ3n) is 0.677. The minimum absolute atomic E-state index is 0. The van der Waals surface area contributed by atoms with Crippen LogP contribution in [0, 0.1) is 0 Å². The number of alkyl halides is 1. The van der Waals surface area contributed by atoms with Crippen LogP contribution in [0.25, 0.3) is 0 Å². The number of carboxylic acids is 1. The average Bonchev–Trinajstić information content (AvgIpc) is 1.64. The van der Waals surface area contributed by atoms with E-state index in [9.17, 15) is 14.3 Å². The fraction of sp³-hybridized carbons (Fsp3) is 0.750. The monoisotopic (exact) mass is 144 g/mol. The summed E-state index contributed by atoms with van der Waals surface area (Å²) in [6, 6.07) is 0. The van der Waals surface area contributed by atoms with Crippen LogP contribution in [0.1, 0.15) is 6.92 Å². The summed E-state index contributed by atoms with van der Waals surface area (Å²) < 4.78 is 11.7. The molecule has 0 aliphatic heterocycles. The van der Waals surface area contributed by atoms with Gasteiger partial charge in [-0.3, -0.25) is 0 Å². The van der Waals surface area contributed by atoms with Crippen molar-refractivity contribution >= 4 is 5.97 Å². The quantitative estimate of drug-likeness (QED) is 0.397. The molecule has 0 saturated carbocycles. The molecule has 2 unspecified atom stereocenters. The van der Waals surface area contributed by atoms with Crippen molar-refractivity contribution in [3.8, 4) is 0 Å². The second kappa shape index (κ2) is 5.17. The molecule has 0 saturated heterocycles. The maximum atomic E-state index is 11.7. The van der Waals surface area contributed by atoms with Crippen molar-refractivity contribution < 1.29 is 49.0 Å². The molecule has 3 nitrogen and oxygen atoms in total. The van der Waals surface area contributed by atoms with Crippen molar-refractivity contribution in [1.82, 2.24) is 0 Å². The van der Waals surface area contributed by atoms with Crippen LogP contribution in [-0.4, -0.2) is 23.4 Å². The standard InChI is InChI=1S/C4H7FO3.Na/c1-2(5)3(6)4(7)8;/h2-3,6H,1H3,(H,7,8);/q;+1/p-1. The van der Waals surface area contributed by atoms with Gasteiger partial charge in [-0.2, -0.15) is 0 Å². The molecule has 1 N–H and O–H groups in total. The van der Waals surface area contributed by atoms with Crippen LogP contribution in [0.5, 0.6) is 0 Å². The largest absolute Gasteiger partial charge is 1.00 e. The molecule has 0 fully saturated rings. The van der Waals surface area contributed by atoms with E-state index in [-0.39, 0.29) is 29.6 Å². The molecule has 0 spiro atoms. The summed E-state index contributed by atoms with van der Waals surface area (Å²) in [5.74, 6) is -1.78. The van der Waals surface area contributed by atoms with Crippen LogP contribution in [0.4, 0.5) is 4.39 Å². The topological polar surface area (TPSA) is 60.4 Å². The van der Waals surface area contributed by atoms with Gasteiger partial charge in [0.2, 0.25) is 0 Å². The number of aliphatic hydroxyl groups excluding tert-OH is 1. The molecule has 0 amide bonds. The van der Waals surface area contributed by atoms with Gasteiger partial charge in [-0.15, -0.1) is 0 Å². The van der Waals surface area contributed by atoms with Gasteiger partial charge in [-0.05, 0) is 6.92 Å². The molecule has 5 heteroatoms. The number of hydrogen-bond acceptors (Lipinski definition) is 3. The Balaban J connectivity index is 0. The smallest absolute Gasteiger partial charge is 0.547 e. The number of carboxylic acid groups (broad SMARTS) is 1. The van der Waals surface area contributed by atoms with Crippen LogP contribution in [0.2, 0.25) is 0 Å². The van der Waals surface area contributed by atoms with Crippen molar-refractivity contribution in [2.24, 2.45) is 0 Å². The van der Waals surface area contributed by atoms with E-state index in [1.807, 2.05) is 0 Å². The van der Waals surface area contributed by atoms with E-state index in [1.54, 1.807) is 0 Å². The SMILES string of the molecule is CC(F)C(O)C(=O)[O-].[Na+]. The normalized spacial score (nSPS) is 15.4.